The van der Waals surface area contributed by atoms with E-state index in [0.29, 0.717) is 0 Å². The Morgan fingerprint density at radius 3 is 2.28 bits per heavy atom. The van der Waals surface area contributed by atoms with Gasteiger partial charge in [-0.05, 0) is 19.1 Å². The highest BCUT2D eigenvalue weighted by atomic mass is 32.2. The van der Waals surface area contributed by atoms with Crippen LogP contribution in [0.4, 0.5) is 13.2 Å². The number of halogens is 3. The van der Waals surface area contributed by atoms with Gasteiger partial charge in [-0.3, -0.25) is 4.18 Å². The molecule has 0 heterocycles. The molecule has 0 fully saturated rings. The van der Waals surface area contributed by atoms with Gasteiger partial charge >= 0.3 is 0 Å². The van der Waals surface area contributed by atoms with Crippen LogP contribution in [0.1, 0.15) is 12.0 Å². The van der Waals surface area contributed by atoms with Crippen LogP contribution in [0.25, 0.3) is 0 Å². The molecule has 7 heteroatoms. The van der Waals surface area contributed by atoms with E-state index in [2.05, 4.69) is 4.18 Å². The fraction of sp³-hybridized carbons (Fsp3) is 0.455. The highest BCUT2D eigenvalue weighted by molar-refractivity contribution is 7.86. The van der Waals surface area contributed by atoms with Crippen LogP contribution in [0.15, 0.2) is 29.2 Å². The molecule has 0 atom stereocenters. The number of hydrogen-bond donors (Lipinski definition) is 0. The average molecular weight is 282 g/mol. The van der Waals surface area contributed by atoms with Gasteiger partial charge in [0, 0.05) is 6.42 Å². The van der Waals surface area contributed by atoms with Crippen LogP contribution in [0, 0.1) is 6.92 Å². The van der Waals surface area contributed by atoms with Crippen molar-refractivity contribution in [2.75, 3.05) is 13.3 Å². The van der Waals surface area contributed by atoms with Crippen molar-refractivity contribution < 1.29 is 25.8 Å². The van der Waals surface area contributed by atoms with Gasteiger partial charge in [0.2, 0.25) is 0 Å². The van der Waals surface area contributed by atoms with E-state index in [9.17, 15) is 21.6 Å². The quantitative estimate of drug-likeness (QED) is 0.753. The molecule has 0 saturated heterocycles. The summed E-state index contributed by atoms with van der Waals surface area (Å²) in [4.78, 5) is -0.114. The van der Waals surface area contributed by atoms with Gasteiger partial charge in [0.25, 0.3) is 16.0 Å². The molecule has 0 aliphatic carbocycles. The largest absolute Gasteiger partial charge is 0.296 e. The van der Waals surface area contributed by atoms with Gasteiger partial charge in [-0.1, -0.05) is 17.7 Å². The maximum atomic E-state index is 12.5. The maximum Gasteiger partial charge on any atom is 0.296 e. The number of hydrogen-bond acceptors (Lipinski definition) is 3. The first-order valence-corrected chi connectivity index (χ1v) is 6.57. The van der Waals surface area contributed by atoms with Gasteiger partial charge in [-0.2, -0.15) is 8.42 Å². The van der Waals surface area contributed by atoms with Crippen LogP contribution in [0.3, 0.4) is 0 Å². The summed E-state index contributed by atoms with van der Waals surface area (Å²) >= 11 is 0. The smallest absolute Gasteiger partial charge is 0.266 e. The molecule has 1 rings (SSSR count). The fourth-order valence-corrected chi connectivity index (χ4v) is 2.05. The molecule has 102 valence electrons. The summed E-state index contributed by atoms with van der Waals surface area (Å²) < 4.78 is 64.4. The van der Waals surface area contributed by atoms with Crippen molar-refractivity contribution in [1.82, 2.24) is 0 Å². The molecule has 0 aliphatic heterocycles. The first-order chi connectivity index (χ1) is 8.27. The molecule has 1 aromatic carbocycles. The first kappa shape index (κ1) is 15.0. The number of alkyl halides is 3. The van der Waals surface area contributed by atoms with Crippen molar-refractivity contribution in [3.8, 4) is 0 Å². The van der Waals surface area contributed by atoms with Crippen LogP contribution in [0.5, 0.6) is 0 Å². The monoisotopic (exact) mass is 282 g/mol. The second kappa shape index (κ2) is 5.71. The van der Waals surface area contributed by atoms with E-state index in [-0.39, 0.29) is 4.90 Å². The Balaban J connectivity index is 2.63. The zero-order valence-electron chi connectivity index (χ0n) is 9.70. The third kappa shape index (κ3) is 4.30. The lowest BCUT2D eigenvalue weighted by molar-refractivity contribution is -0.0384. The lowest BCUT2D eigenvalue weighted by Crippen LogP contribution is -2.22. The molecule has 1 aromatic rings. The van der Waals surface area contributed by atoms with E-state index in [1.807, 2.05) is 0 Å². The van der Waals surface area contributed by atoms with E-state index in [4.69, 9.17) is 0 Å². The van der Waals surface area contributed by atoms with Crippen LogP contribution in [0.2, 0.25) is 0 Å². The van der Waals surface area contributed by atoms with Gasteiger partial charge in [0.05, 0.1) is 11.5 Å². The van der Waals surface area contributed by atoms with Crippen molar-refractivity contribution in [2.24, 2.45) is 0 Å². The second-order valence-electron chi connectivity index (χ2n) is 3.83. The summed E-state index contributed by atoms with van der Waals surface area (Å²) in [7, 11) is -4.06. The predicted octanol–water partition coefficient (Wildman–Crippen LogP) is 2.70. The van der Waals surface area contributed by atoms with Crippen LogP contribution < -0.4 is 0 Å². The Kier molecular flexibility index (Phi) is 4.75. The minimum absolute atomic E-state index is 0.114. The van der Waals surface area contributed by atoms with Crippen molar-refractivity contribution in [2.45, 2.75) is 24.2 Å². The number of aryl methyl sites for hydroxylation is 1. The molecule has 0 N–H and O–H groups in total. The van der Waals surface area contributed by atoms with Crippen molar-refractivity contribution in [3.05, 3.63) is 29.8 Å². The van der Waals surface area contributed by atoms with Crippen LogP contribution >= 0.6 is 0 Å². The van der Waals surface area contributed by atoms with Gasteiger partial charge in [-0.15, -0.1) is 0 Å². The third-order valence-electron chi connectivity index (χ3n) is 2.21. The molecular formula is C11H13F3O3S. The zero-order valence-corrected chi connectivity index (χ0v) is 10.5. The molecule has 0 aromatic heterocycles. The first-order valence-electron chi connectivity index (χ1n) is 5.17. The molecule has 0 bridgehead atoms. The number of benzene rings is 1. The van der Waals surface area contributed by atoms with Crippen molar-refractivity contribution >= 4 is 10.1 Å². The molecule has 0 spiro atoms. The summed E-state index contributed by atoms with van der Waals surface area (Å²) in [5.41, 5.74) is 0.859. The molecule has 18 heavy (non-hydrogen) atoms. The van der Waals surface area contributed by atoms with Crippen molar-refractivity contribution in [3.63, 3.8) is 0 Å². The topological polar surface area (TPSA) is 43.4 Å². The summed E-state index contributed by atoms with van der Waals surface area (Å²) in [5, 5.41) is 0. The Hall–Kier alpha value is -1.08. The summed E-state index contributed by atoms with van der Waals surface area (Å²) in [6, 6.07) is 5.76. The van der Waals surface area contributed by atoms with Gasteiger partial charge < -0.3 is 0 Å². The highest BCUT2D eigenvalue weighted by Crippen LogP contribution is 2.20. The maximum absolute atomic E-state index is 12.5. The average Bonchev–Trinajstić information content (AvgIpc) is 2.29. The van der Waals surface area contributed by atoms with E-state index in [0.717, 1.165) is 5.56 Å². The Labute approximate surface area is 104 Å². The molecular weight excluding hydrogens is 269 g/mol. The minimum atomic E-state index is -4.06. The lowest BCUT2D eigenvalue weighted by Gasteiger charge is -2.11. The normalized spacial score (nSPS) is 12.7. The Morgan fingerprint density at radius 2 is 1.78 bits per heavy atom. The second-order valence-corrected chi connectivity index (χ2v) is 5.44. The summed E-state index contributed by atoms with van der Waals surface area (Å²) in [6.45, 7) is -0.812. The molecule has 0 aliphatic rings. The SMILES string of the molecule is Cc1ccc(S(=O)(=O)OCCC(F)(F)CF)cc1. The predicted molar refractivity (Wildman–Crippen MR) is 59.9 cm³/mol. The van der Waals surface area contributed by atoms with E-state index in [1.165, 1.54) is 12.1 Å². The third-order valence-corrected chi connectivity index (χ3v) is 3.54. The molecule has 0 saturated carbocycles. The van der Waals surface area contributed by atoms with E-state index >= 15 is 0 Å². The van der Waals surface area contributed by atoms with Gasteiger partial charge in [0.1, 0.15) is 0 Å². The molecule has 0 amide bonds. The molecule has 0 radical (unpaired) electrons. The Bertz CT molecular complexity index is 483. The highest BCUT2D eigenvalue weighted by Gasteiger charge is 2.29. The lowest BCUT2D eigenvalue weighted by atomic mass is 10.2. The van der Waals surface area contributed by atoms with E-state index in [1.54, 1.807) is 19.1 Å². The summed E-state index contributed by atoms with van der Waals surface area (Å²) in [5.74, 6) is -3.55. The summed E-state index contributed by atoms with van der Waals surface area (Å²) in [6.07, 6.45) is -0.978. The zero-order chi connectivity index (χ0) is 13.8. The van der Waals surface area contributed by atoms with Gasteiger partial charge in [-0.25, -0.2) is 13.2 Å². The van der Waals surface area contributed by atoms with Crippen molar-refractivity contribution in [1.29, 1.82) is 0 Å². The van der Waals surface area contributed by atoms with E-state index < -0.39 is 35.7 Å². The fourth-order valence-electron chi connectivity index (χ4n) is 1.14. The number of rotatable bonds is 6. The van der Waals surface area contributed by atoms with Gasteiger partial charge in [0.15, 0.2) is 6.67 Å². The molecule has 3 nitrogen and oxygen atoms in total. The minimum Gasteiger partial charge on any atom is -0.266 e. The standard InChI is InChI=1S/C11H13F3O3S/c1-9-2-4-10(5-3-9)18(15,16)17-7-6-11(13,14)8-12/h2-5H,6-8H2,1H3. The molecule has 0 unspecified atom stereocenters. The van der Waals surface area contributed by atoms with Crippen LogP contribution in [-0.2, 0) is 14.3 Å². The Morgan fingerprint density at radius 1 is 1.22 bits per heavy atom. The van der Waals surface area contributed by atoms with Crippen LogP contribution in [-0.4, -0.2) is 27.6 Å².